The number of rotatable bonds is 2. The number of benzene rings is 1. The second kappa shape index (κ2) is 4.56. The fourth-order valence-corrected chi connectivity index (χ4v) is 1.95. The first-order chi connectivity index (χ1) is 9.52. The number of aromatic nitrogens is 2. The molecular weight excluding hydrogens is 267 g/mol. The summed E-state index contributed by atoms with van der Waals surface area (Å²) < 4.78 is 37.9. The van der Waals surface area contributed by atoms with Crippen molar-refractivity contribution in [2.45, 2.75) is 6.18 Å². The molecule has 0 saturated heterocycles. The first-order valence-corrected chi connectivity index (χ1v) is 5.90. The molecule has 0 aliphatic rings. The molecule has 2 heterocycles. The van der Waals surface area contributed by atoms with E-state index in [1.165, 1.54) is 6.07 Å². The van der Waals surface area contributed by atoms with Crippen molar-refractivity contribution in [2.24, 2.45) is 0 Å². The average molecular weight is 277 g/mol. The van der Waals surface area contributed by atoms with Gasteiger partial charge in [-0.05, 0) is 30.3 Å². The maximum atomic E-state index is 12.6. The summed E-state index contributed by atoms with van der Waals surface area (Å²) in [5.41, 5.74) is 1.06. The van der Waals surface area contributed by atoms with Gasteiger partial charge in [-0.15, -0.1) is 0 Å². The van der Waals surface area contributed by atoms with Crippen molar-refractivity contribution in [3.63, 3.8) is 0 Å². The minimum absolute atomic E-state index is 0.372. The van der Waals surface area contributed by atoms with E-state index in [1.54, 1.807) is 18.5 Å². The summed E-state index contributed by atoms with van der Waals surface area (Å²) >= 11 is 0. The third-order valence-corrected chi connectivity index (χ3v) is 2.88. The molecule has 0 aliphatic carbocycles. The number of hydrogen-bond acceptors (Lipinski definition) is 2. The van der Waals surface area contributed by atoms with Crippen LogP contribution >= 0.6 is 0 Å². The van der Waals surface area contributed by atoms with E-state index >= 15 is 0 Å². The van der Waals surface area contributed by atoms with E-state index in [2.05, 4.69) is 15.3 Å². The van der Waals surface area contributed by atoms with E-state index in [0.29, 0.717) is 11.4 Å². The Morgan fingerprint density at radius 2 is 1.90 bits per heavy atom. The molecule has 0 atom stereocenters. The van der Waals surface area contributed by atoms with Gasteiger partial charge in [-0.1, -0.05) is 6.07 Å². The fraction of sp³-hybridized carbons (Fsp3) is 0.0714. The summed E-state index contributed by atoms with van der Waals surface area (Å²) in [4.78, 5) is 7.12. The van der Waals surface area contributed by atoms with Crippen molar-refractivity contribution in [1.82, 2.24) is 9.97 Å². The number of aromatic amines is 1. The number of pyridine rings is 1. The van der Waals surface area contributed by atoms with Gasteiger partial charge in [0.05, 0.1) is 17.4 Å². The topological polar surface area (TPSA) is 40.7 Å². The van der Waals surface area contributed by atoms with Crippen LogP contribution in [0.1, 0.15) is 5.56 Å². The number of anilines is 2. The van der Waals surface area contributed by atoms with Gasteiger partial charge in [0.15, 0.2) is 0 Å². The van der Waals surface area contributed by atoms with E-state index in [0.717, 1.165) is 23.2 Å². The number of nitrogens with one attached hydrogen (secondary N) is 2. The largest absolute Gasteiger partial charge is 0.416 e. The van der Waals surface area contributed by atoms with Gasteiger partial charge in [-0.3, -0.25) is 0 Å². The number of fused-ring (bicyclic) bond motifs is 1. The molecule has 2 N–H and O–H groups in total. The molecule has 0 bridgehead atoms. The number of nitrogens with zero attached hydrogens (tertiary/aromatic N) is 1. The predicted molar refractivity (Wildman–Crippen MR) is 70.8 cm³/mol. The van der Waals surface area contributed by atoms with Crippen LogP contribution in [-0.4, -0.2) is 9.97 Å². The van der Waals surface area contributed by atoms with Crippen molar-refractivity contribution in [1.29, 1.82) is 0 Å². The van der Waals surface area contributed by atoms with Crippen LogP contribution in [-0.2, 0) is 6.18 Å². The Morgan fingerprint density at radius 1 is 1.05 bits per heavy atom. The van der Waals surface area contributed by atoms with Crippen molar-refractivity contribution in [2.75, 3.05) is 5.32 Å². The molecule has 20 heavy (non-hydrogen) atoms. The maximum Gasteiger partial charge on any atom is 0.416 e. The van der Waals surface area contributed by atoms with Crippen LogP contribution in [0.2, 0.25) is 0 Å². The van der Waals surface area contributed by atoms with E-state index < -0.39 is 11.7 Å². The first kappa shape index (κ1) is 12.5. The lowest BCUT2D eigenvalue weighted by atomic mass is 10.2. The molecule has 3 aromatic rings. The molecule has 3 nitrogen and oxygen atoms in total. The smallest absolute Gasteiger partial charge is 0.354 e. The van der Waals surface area contributed by atoms with Crippen molar-refractivity contribution < 1.29 is 13.2 Å². The molecule has 0 aliphatic heterocycles. The van der Waals surface area contributed by atoms with Gasteiger partial charge >= 0.3 is 6.18 Å². The van der Waals surface area contributed by atoms with Crippen LogP contribution < -0.4 is 5.32 Å². The normalized spacial score (nSPS) is 11.8. The Hall–Kier alpha value is -2.50. The zero-order chi connectivity index (χ0) is 14.2. The van der Waals surface area contributed by atoms with Crippen LogP contribution in [0.5, 0.6) is 0 Å². The molecular formula is C14H10F3N3. The third kappa shape index (κ3) is 2.45. The van der Waals surface area contributed by atoms with Crippen LogP contribution in [0, 0.1) is 0 Å². The summed E-state index contributed by atoms with van der Waals surface area (Å²) in [7, 11) is 0. The molecule has 0 amide bonds. The maximum absolute atomic E-state index is 12.6. The molecule has 0 radical (unpaired) electrons. The van der Waals surface area contributed by atoms with Crippen LogP contribution in [0.25, 0.3) is 11.0 Å². The van der Waals surface area contributed by atoms with E-state index in [1.807, 2.05) is 12.1 Å². The van der Waals surface area contributed by atoms with Crippen LogP contribution in [0.15, 0.2) is 48.8 Å². The third-order valence-electron chi connectivity index (χ3n) is 2.88. The SMILES string of the molecule is FC(F)(F)c1cccc(Nc2cnc3[nH]ccc3c2)c1. The Morgan fingerprint density at radius 3 is 2.70 bits per heavy atom. The lowest BCUT2D eigenvalue weighted by Crippen LogP contribution is -2.05. The highest BCUT2D eigenvalue weighted by Crippen LogP contribution is 2.31. The molecule has 6 heteroatoms. The van der Waals surface area contributed by atoms with Crippen molar-refractivity contribution in [3.8, 4) is 0 Å². The van der Waals surface area contributed by atoms with Gasteiger partial charge in [0.25, 0.3) is 0 Å². The van der Waals surface area contributed by atoms with Crippen molar-refractivity contribution in [3.05, 3.63) is 54.4 Å². The summed E-state index contributed by atoms with van der Waals surface area (Å²) in [5, 5.41) is 3.81. The van der Waals surface area contributed by atoms with Crippen molar-refractivity contribution >= 4 is 22.4 Å². The Balaban J connectivity index is 1.90. The molecule has 0 fully saturated rings. The standard InChI is InChI=1S/C14H10F3N3/c15-14(16,17)10-2-1-3-11(7-10)20-12-6-9-4-5-18-13(9)19-8-12/h1-8,20H,(H,18,19). The zero-order valence-corrected chi connectivity index (χ0v) is 10.2. The van der Waals surface area contributed by atoms with E-state index in [4.69, 9.17) is 0 Å². The van der Waals surface area contributed by atoms with E-state index in [-0.39, 0.29) is 0 Å². The molecule has 2 aromatic heterocycles. The molecule has 0 spiro atoms. The molecule has 0 unspecified atom stereocenters. The van der Waals surface area contributed by atoms with Gasteiger partial charge in [-0.2, -0.15) is 13.2 Å². The summed E-state index contributed by atoms with van der Waals surface area (Å²) in [6, 6.07) is 8.73. The first-order valence-electron chi connectivity index (χ1n) is 5.90. The summed E-state index contributed by atoms with van der Waals surface area (Å²) in [6.45, 7) is 0. The summed E-state index contributed by atoms with van der Waals surface area (Å²) in [6.07, 6.45) is -1.02. The van der Waals surface area contributed by atoms with E-state index in [9.17, 15) is 13.2 Å². The molecule has 0 saturated carbocycles. The second-order valence-electron chi connectivity index (χ2n) is 4.34. The highest BCUT2D eigenvalue weighted by molar-refractivity contribution is 5.80. The average Bonchev–Trinajstić information content (AvgIpc) is 2.85. The minimum atomic E-state index is -4.35. The van der Waals surface area contributed by atoms with Gasteiger partial charge in [0.2, 0.25) is 0 Å². The lowest BCUT2D eigenvalue weighted by Gasteiger charge is -2.10. The quantitative estimate of drug-likeness (QED) is 0.732. The molecule has 102 valence electrons. The minimum Gasteiger partial charge on any atom is -0.354 e. The number of hydrogen-bond donors (Lipinski definition) is 2. The van der Waals surface area contributed by atoms with Gasteiger partial charge in [0, 0.05) is 17.3 Å². The Labute approximate surface area is 112 Å². The molecule has 3 rings (SSSR count). The highest BCUT2D eigenvalue weighted by atomic mass is 19.4. The second-order valence-corrected chi connectivity index (χ2v) is 4.34. The molecule has 1 aromatic carbocycles. The monoisotopic (exact) mass is 277 g/mol. The van der Waals surface area contributed by atoms with Crippen LogP contribution in [0.4, 0.5) is 24.5 Å². The van der Waals surface area contributed by atoms with Crippen LogP contribution in [0.3, 0.4) is 0 Å². The van der Waals surface area contributed by atoms with Gasteiger partial charge in [0.1, 0.15) is 5.65 Å². The number of H-pyrrole nitrogens is 1. The summed E-state index contributed by atoms with van der Waals surface area (Å²) in [5.74, 6) is 0. The highest BCUT2D eigenvalue weighted by Gasteiger charge is 2.30. The lowest BCUT2D eigenvalue weighted by molar-refractivity contribution is -0.137. The van der Waals surface area contributed by atoms with Gasteiger partial charge in [-0.25, -0.2) is 4.98 Å². The fourth-order valence-electron chi connectivity index (χ4n) is 1.95. The van der Waals surface area contributed by atoms with Gasteiger partial charge < -0.3 is 10.3 Å². The number of halogens is 3. The predicted octanol–water partition coefficient (Wildman–Crippen LogP) is 4.33. The number of alkyl halides is 3. The zero-order valence-electron chi connectivity index (χ0n) is 10.2. The Kier molecular flexibility index (Phi) is 2.85. The Bertz CT molecular complexity index is 747.